The number of nitrogens with zero attached hydrogens (tertiary/aromatic N) is 3. The van der Waals surface area contributed by atoms with Gasteiger partial charge in [-0.1, -0.05) is 42.5 Å². The molecule has 0 aromatic heterocycles. The Morgan fingerprint density at radius 3 is 2.43 bits per heavy atom. The summed E-state index contributed by atoms with van der Waals surface area (Å²) in [5.41, 5.74) is 4.40. The van der Waals surface area contributed by atoms with Crippen LogP contribution in [0.3, 0.4) is 0 Å². The van der Waals surface area contributed by atoms with Gasteiger partial charge < -0.3 is 14.4 Å². The van der Waals surface area contributed by atoms with Crippen molar-refractivity contribution in [3.05, 3.63) is 89.5 Å². The van der Waals surface area contributed by atoms with Crippen LogP contribution in [0.5, 0.6) is 11.5 Å². The van der Waals surface area contributed by atoms with Crippen LogP contribution in [0.1, 0.15) is 40.9 Å². The summed E-state index contributed by atoms with van der Waals surface area (Å²) in [5, 5.41) is 6.23. The molecule has 3 aromatic rings. The summed E-state index contributed by atoms with van der Waals surface area (Å²) in [6.07, 6.45) is 1.35. The molecule has 7 heteroatoms. The number of aldehydes is 1. The summed E-state index contributed by atoms with van der Waals surface area (Å²) in [6, 6.07) is 22.7. The molecule has 0 bridgehead atoms. The third-order valence-electron chi connectivity index (χ3n) is 5.82. The molecule has 7 nitrogen and oxygen atoms in total. The number of carbonyl (C=O) groups is 2. The summed E-state index contributed by atoms with van der Waals surface area (Å²) in [4.78, 5) is 26.5. The smallest absolute Gasteiger partial charge is 0.281 e. The zero-order chi connectivity index (χ0) is 24.8. The van der Waals surface area contributed by atoms with Gasteiger partial charge >= 0.3 is 0 Å². The van der Waals surface area contributed by atoms with Crippen LogP contribution < -0.4 is 14.4 Å². The highest BCUT2D eigenvalue weighted by Gasteiger charge is 2.33. The van der Waals surface area contributed by atoms with Gasteiger partial charge in [0.1, 0.15) is 6.29 Å². The first-order valence-electron chi connectivity index (χ1n) is 11.6. The minimum atomic E-state index is -0.264. The average Bonchev–Trinajstić information content (AvgIpc) is 3.34. The normalized spacial score (nSPS) is 14.9. The number of hydrogen-bond acceptors (Lipinski definition) is 6. The van der Waals surface area contributed by atoms with Crippen molar-refractivity contribution in [3.8, 4) is 11.5 Å². The molecule has 0 fully saturated rings. The van der Waals surface area contributed by atoms with Gasteiger partial charge in [-0.15, -0.1) is 0 Å². The van der Waals surface area contributed by atoms with Crippen molar-refractivity contribution >= 4 is 23.6 Å². The first-order chi connectivity index (χ1) is 17.0. The van der Waals surface area contributed by atoms with Gasteiger partial charge in [-0.05, 0) is 48.4 Å². The van der Waals surface area contributed by atoms with E-state index in [-0.39, 0.29) is 18.6 Å². The zero-order valence-electron chi connectivity index (χ0n) is 20.2. The third-order valence-corrected chi connectivity index (χ3v) is 5.82. The van der Waals surface area contributed by atoms with Crippen LogP contribution in [0, 0.1) is 0 Å². The molecule has 3 aromatic carbocycles. The maximum absolute atomic E-state index is 13.3. The molecule has 1 heterocycles. The molecule has 0 spiro atoms. The monoisotopic (exact) mass is 471 g/mol. The first kappa shape index (κ1) is 24.0. The third kappa shape index (κ3) is 5.51. The predicted octanol–water partition coefficient (Wildman–Crippen LogP) is 4.72. The second-order valence-electron chi connectivity index (χ2n) is 8.40. The van der Waals surface area contributed by atoms with E-state index in [9.17, 15) is 9.59 Å². The van der Waals surface area contributed by atoms with Crippen molar-refractivity contribution in [3.63, 3.8) is 0 Å². The Bertz CT molecular complexity index is 1210. The van der Waals surface area contributed by atoms with Gasteiger partial charge in [0.15, 0.2) is 18.1 Å². The standard InChI is InChI=1S/C28H29N3O4/c1-4-34-27-16-20(18-32)10-15-26(27)35-19-28(33)31-25(22-11-13-23(14-12-22)30(2)3)17-24(29-31)21-8-6-5-7-9-21/h5-16,18,25H,4,17,19H2,1-3H3. The predicted molar refractivity (Wildman–Crippen MR) is 136 cm³/mol. The Balaban J connectivity index is 1.57. The second-order valence-corrected chi connectivity index (χ2v) is 8.40. The number of amides is 1. The minimum Gasteiger partial charge on any atom is -0.490 e. The lowest BCUT2D eigenvalue weighted by Gasteiger charge is -2.23. The molecule has 4 rings (SSSR count). The summed E-state index contributed by atoms with van der Waals surface area (Å²) < 4.78 is 11.4. The van der Waals surface area contributed by atoms with Crippen molar-refractivity contribution < 1.29 is 19.1 Å². The quantitative estimate of drug-likeness (QED) is 0.422. The molecule has 0 saturated heterocycles. The largest absolute Gasteiger partial charge is 0.490 e. The van der Waals surface area contributed by atoms with Crippen molar-refractivity contribution in [2.45, 2.75) is 19.4 Å². The molecule has 1 aliphatic heterocycles. The van der Waals surface area contributed by atoms with Crippen molar-refractivity contribution in [2.75, 3.05) is 32.2 Å². The molecule has 0 aliphatic carbocycles. The summed E-state index contributed by atoms with van der Waals surface area (Å²) in [6.45, 7) is 2.05. The van der Waals surface area contributed by atoms with Crippen molar-refractivity contribution in [2.24, 2.45) is 5.10 Å². The number of carbonyl (C=O) groups excluding carboxylic acids is 2. The SMILES string of the molecule is CCOc1cc(C=O)ccc1OCC(=O)N1N=C(c2ccccc2)CC1c1ccc(N(C)C)cc1. The van der Waals surface area contributed by atoms with E-state index < -0.39 is 0 Å². The number of anilines is 1. The molecule has 180 valence electrons. The van der Waals surface area contributed by atoms with E-state index in [1.54, 1.807) is 18.2 Å². The highest BCUT2D eigenvalue weighted by atomic mass is 16.5. The van der Waals surface area contributed by atoms with Crippen LogP contribution in [0.15, 0.2) is 77.9 Å². The van der Waals surface area contributed by atoms with Crippen LogP contribution in [-0.4, -0.2) is 50.2 Å². The topological polar surface area (TPSA) is 71.4 Å². The fourth-order valence-corrected chi connectivity index (χ4v) is 3.99. The van der Waals surface area contributed by atoms with E-state index in [4.69, 9.17) is 14.6 Å². The number of hydrogen-bond donors (Lipinski definition) is 0. The van der Waals surface area contributed by atoms with Crippen LogP contribution in [0.25, 0.3) is 0 Å². The summed E-state index contributed by atoms with van der Waals surface area (Å²) in [7, 11) is 3.99. The second kappa shape index (κ2) is 10.9. The highest BCUT2D eigenvalue weighted by Crippen LogP contribution is 2.34. The average molecular weight is 472 g/mol. The Kier molecular flexibility index (Phi) is 7.45. The van der Waals surface area contributed by atoms with Gasteiger partial charge in [0.25, 0.3) is 5.91 Å². The van der Waals surface area contributed by atoms with Crippen LogP contribution >= 0.6 is 0 Å². The first-order valence-corrected chi connectivity index (χ1v) is 11.6. The van der Waals surface area contributed by atoms with E-state index in [1.165, 1.54) is 5.01 Å². The van der Waals surface area contributed by atoms with Gasteiger partial charge in [0.2, 0.25) is 0 Å². The molecule has 1 unspecified atom stereocenters. The Hall–Kier alpha value is -4.13. The molecular weight excluding hydrogens is 442 g/mol. The number of hydrazone groups is 1. The van der Waals surface area contributed by atoms with Gasteiger partial charge in [-0.3, -0.25) is 9.59 Å². The molecule has 1 atom stereocenters. The molecule has 1 amide bonds. The maximum atomic E-state index is 13.3. The zero-order valence-corrected chi connectivity index (χ0v) is 20.2. The Morgan fingerprint density at radius 1 is 1.03 bits per heavy atom. The van der Waals surface area contributed by atoms with E-state index in [1.807, 2.05) is 80.5 Å². The van der Waals surface area contributed by atoms with Crippen molar-refractivity contribution in [1.29, 1.82) is 0 Å². The fourth-order valence-electron chi connectivity index (χ4n) is 3.99. The minimum absolute atomic E-state index is 0.210. The summed E-state index contributed by atoms with van der Waals surface area (Å²) in [5.74, 6) is 0.569. The Labute approximate surface area is 205 Å². The number of ether oxygens (including phenoxy) is 2. The Morgan fingerprint density at radius 2 is 1.77 bits per heavy atom. The van der Waals surface area contributed by atoms with E-state index in [2.05, 4.69) is 0 Å². The van der Waals surface area contributed by atoms with Gasteiger partial charge in [-0.2, -0.15) is 5.10 Å². The van der Waals surface area contributed by atoms with Crippen LogP contribution in [0.4, 0.5) is 5.69 Å². The molecule has 35 heavy (non-hydrogen) atoms. The van der Waals surface area contributed by atoms with Crippen LogP contribution in [0.2, 0.25) is 0 Å². The number of rotatable bonds is 9. The fraction of sp³-hybridized carbons (Fsp3) is 0.250. The molecule has 0 saturated carbocycles. The van der Waals surface area contributed by atoms with Crippen molar-refractivity contribution in [1.82, 2.24) is 5.01 Å². The van der Waals surface area contributed by atoms with E-state index >= 15 is 0 Å². The lowest BCUT2D eigenvalue weighted by molar-refractivity contribution is -0.135. The highest BCUT2D eigenvalue weighted by molar-refractivity contribution is 6.03. The maximum Gasteiger partial charge on any atom is 0.281 e. The van der Waals surface area contributed by atoms with Gasteiger partial charge in [0, 0.05) is 31.8 Å². The lowest BCUT2D eigenvalue weighted by Crippen LogP contribution is -2.31. The lowest BCUT2D eigenvalue weighted by atomic mass is 9.98. The van der Waals surface area contributed by atoms with Gasteiger partial charge in [-0.25, -0.2) is 5.01 Å². The van der Waals surface area contributed by atoms with E-state index in [0.29, 0.717) is 30.1 Å². The van der Waals surface area contributed by atoms with Crippen LogP contribution in [-0.2, 0) is 4.79 Å². The molecule has 0 N–H and O–H groups in total. The van der Waals surface area contributed by atoms with Gasteiger partial charge in [0.05, 0.1) is 18.4 Å². The number of benzene rings is 3. The molecular formula is C28H29N3O4. The van der Waals surface area contributed by atoms with E-state index in [0.717, 1.165) is 28.8 Å². The summed E-state index contributed by atoms with van der Waals surface area (Å²) >= 11 is 0. The molecule has 0 radical (unpaired) electrons. The molecule has 1 aliphatic rings.